The molecular weight excluding hydrogens is 346 g/mol. The van der Waals surface area contributed by atoms with Crippen LogP contribution in [-0.4, -0.2) is 49.4 Å². The fraction of sp³-hybridized carbons (Fsp3) is 0.385. The number of nitrogens with one attached hydrogen (secondary N) is 2. The summed E-state index contributed by atoms with van der Waals surface area (Å²) in [7, 11) is 1.56. The second kappa shape index (κ2) is 6.56. The Morgan fingerprint density at radius 2 is 2.25 bits per heavy atom. The Morgan fingerprint density at radius 1 is 1.50 bits per heavy atom. The van der Waals surface area contributed by atoms with E-state index in [-0.39, 0.29) is 11.8 Å². The van der Waals surface area contributed by atoms with E-state index < -0.39 is 6.04 Å². The lowest BCUT2D eigenvalue weighted by molar-refractivity contribution is -0.125. The lowest BCUT2D eigenvalue weighted by Crippen LogP contribution is -2.59. The van der Waals surface area contributed by atoms with Crippen molar-refractivity contribution in [3.63, 3.8) is 0 Å². The number of carbonyl (C=O) groups is 2. The van der Waals surface area contributed by atoms with E-state index in [4.69, 9.17) is 11.6 Å². The summed E-state index contributed by atoms with van der Waals surface area (Å²) in [5.74, 6) is -0.414. The lowest BCUT2D eigenvalue weighted by Gasteiger charge is -2.35. The maximum Gasteiger partial charge on any atom is 0.256 e. The number of rotatable bonds is 2. The number of likely N-dealkylation sites (N-methyl/N-ethyl adjacent to an activating group) is 1. The number of piperazine rings is 1. The van der Waals surface area contributed by atoms with Crippen LogP contribution in [0.2, 0.25) is 5.02 Å². The number of amides is 2. The maximum atomic E-state index is 12.6. The summed E-state index contributed by atoms with van der Waals surface area (Å²) >= 11 is 9.46. The van der Waals surface area contributed by atoms with Crippen molar-refractivity contribution in [1.29, 1.82) is 0 Å². The molecular formula is C13H15BrClN3O2. The number of halogens is 2. The Bertz CT molecular complexity index is 538. The van der Waals surface area contributed by atoms with Gasteiger partial charge < -0.3 is 15.5 Å². The molecule has 2 amide bonds. The van der Waals surface area contributed by atoms with Crippen LogP contribution in [-0.2, 0) is 4.79 Å². The zero-order valence-corrected chi connectivity index (χ0v) is 13.3. The van der Waals surface area contributed by atoms with Gasteiger partial charge in [-0.2, -0.15) is 0 Å². The quantitative estimate of drug-likeness (QED) is 0.835. The Labute approximate surface area is 130 Å². The Hall–Kier alpha value is -1.11. The first kappa shape index (κ1) is 15.3. The van der Waals surface area contributed by atoms with Gasteiger partial charge >= 0.3 is 0 Å². The van der Waals surface area contributed by atoms with Crippen LogP contribution < -0.4 is 10.6 Å². The first-order valence-corrected chi connectivity index (χ1v) is 7.40. The van der Waals surface area contributed by atoms with Crippen molar-refractivity contribution in [2.75, 3.05) is 26.7 Å². The summed E-state index contributed by atoms with van der Waals surface area (Å²) in [5, 5.41) is 6.06. The lowest BCUT2D eigenvalue weighted by atomic mass is 10.1. The molecule has 0 spiro atoms. The van der Waals surface area contributed by atoms with Crippen molar-refractivity contribution in [2.24, 2.45) is 0 Å². The smallest absolute Gasteiger partial charge is 0.256 e. The van der Waals surface area contributed by atoms with Crippen LogP contribution in [0.25, 0.3) is 0 Å². The van der Waals surface area contributed by atoms with Gasteiger partial charge in [-0.3, -0.25) is 9.59 Å². The third-order valence-electron chi connectivity index (χ3n) is 3.24. The molecule has 0 radical (unpaired) electrons. The van der Waals surface area contributed by atoms with Crippen LogP contribution >= 0.6 is 27.5 Å². The largest absolute Gasteiger partial charge is 0.357 e. The molecule has 108 valence electrons. The van der Waals surface area contributed by atoms with E-state index in [1.165, 1.54) is 0 Å². The molecule has 1 fully saturated rings. The second-order valence-electron chi connectivity index (χ2n) is 4.43. The van der Waals surface area contributed by atoms with Gasteiger partial charge in [-0.05, 0) is 28.1 Å². The summed E-state index contributed by atoms with van der Waals surface area (Å²) in [6.07, 6.45) is 0. The average molecular weight is 361 g/mol. The van der Waals surface area contributed by atoms with Gasteiger partial charge in [0.15, 0.2) is 0 Å². The molecule has 1 aliphatic heterocycles. The highest BCUT2D eigenvalue weighted by molar-refractivity contribution is 9.10. The Balaban J connectivity index is 2.30. The molecule has 1 saturated heterocycles. The molecule has 2 N–H and O–H groups in total. The van der Waals surface area contributed by atoms with Crippen molar-refractivity contribution in [1.82, 2.24) is 15.5 Å². The SMILES string of the molecule is CNC(=O)C1CNCCN1C(=O)c1cccc(Br)c1Cl. The van der Waals surface area contributed by atoms with Gasteiger partial charge in [-0.25, -0.2) is 0 Å². The monoisotopic (exact) mass is 359 g/mol. The predicted molar refractivity (Wildman–Crippen MR) is 80.9 cm³/mol. The van der Waals surface area contributed by atoms with E-state index in [0.717, 1.165) is 0 Å². The molecule has 0 aromatic heterocycles. The van der Waals surface area contributed by atoms with Crippen molar-refractivity contribution in [3.05, 3.63) is 33.3 Å². The highest BCUT2D eigenvalue weighted by Crippen LogP contribution is 2.27. The molecule has 20 heavy (non-hydrogen) atoms. The predicted octanol–water partition coefficient (Wildman–Crippen LogP) is 1.26. The molecule has 1 aliphatic rings. The van der Waals surface area contributed by atoms with E-state index >= 15 is 0 Å². The highest BCUT2D eigenvalue weighted by atomic mass is 79.9. The zero-order chi connectivity index (χ0) is 14.7. The average Bonchev–Trinajstić information content (AvgIpc) is 2.48. The summed E-state index contributed by atoms with van der Waals surface area (Å²) in [4.78, 5) is 26.1. The van der Waals surface area contributed by atoms with Gasteiger partial charge in [0.05, 0.1) is 10.6 Å². The van der Waals surface area contributed by atoms with Crippen LogP contribution in [0, 0.1) is 0 Å². The second-order valence-corrected chi connectivity index (χ2v) is 5.67. The van der Waals surface area contributed by atoms with Crippen LogP contribution in [0.3, 0.4) is 0 Å². The van der Waals surface area contributed by atoms with Crippen molar-refractivity contribution < 1.29 is 9.59 Å². The van der Waals surface area contributed by atoms with E-state index in [1.807, 2.05) is 0 Å². The molecule has 5 nitrogen and oxygen atoms in total. The number of benzene rings is 1. The molecule has 0 aliphatic carbocycles. The third kappa shape index (κ3) is 2.97. The van der Waals surface area contributed by atoms with Gasteiger partial charge in [0.1, 0.15) is 6.04 Å². The fourth-order valence-electron chi connectivity index (χ4n) is 2.17. The van der Waals surface area contributed by atoms with Gasteiger partial charge in [0.25, 0.3) is 5.91 Å². The van der Waals surface area contributed by atoms with Crippen LogP contribution in [0.4, 0.5) is 0 Å². The Morgan fingerprint density at radius 3 is 2.95 bits per heavy atom. The molecule has 2 rings (SSSR count). The van der Waals surface area contributed by atoms with Crippen molar-refractivity contribution in [2.45, 2.75) is 6.04 Å². The molecule has 1 aromatic rings. The topological polar surface area (TPSA) is 61.4 Å². The number of carbonyl (C=O) groups excluding carboxylic acids is 2. The van der Waals surface area contributed by atoms with E-state index in [1.54, 1.807) is 30.1 Å². The molecule has 0 saturated carbocycles. The Kier molecular flexibility index (Phi) is 5.01. The minimum atomic E-state index is -0.517. The minimum Gasteiger partial charge on any atom is -0.357 e. The minimum absolute atomic E-state index is 0.184. The molecule has 1 aromatic carbocycles. The van der Waals surface area contributed by atoms with Crippen LogP contribution in [0.15, 0.2) is 22.7 Å². The molecule has 1 atom stereocenters. The van der Waals surface area contributed by atoms with Gasteiger partial charge in [0, 0.05) is 31.2 Å². The summed E-state index contributed by atoms with van der Waals surface area (Å²) in [6, 6.07) is 4.67. The molecule has 0 bridgehead atoms. The number of hydrogen-bond donors (Lipinski definition) is 2. The molecule has 1 heterocycles. The van der Waals surface area contributed by atoms with Gasteiger partial charge in [-0.1, -0.05) is 17.7 Å². The normalized spacial score (nSPS) is 18.8. The van der Waals surface area contributed by atoms with E-state index in [0.29, 0.717) is 34.7 Å². The highest BCUT2D eigenvalue weighted by Gasteiger charge is 2.32. The van der Waals surface area contributed by atoms with E-state index in [9.17, 15) is 9.59 Å². The van der Waals surface area contributed by atoms with Gasteiger partial charge in [-0.15, -0.1) is 0 Å². The zero-order valence-electron chi connectivity index (χ0n) is 11.0. The molecule has 7 heteroatoms. The third-order valence-corrected chi connectivity index (χ3v) is 4.53. The number of nitrogens with zero attached hydrogens (tertiary/aromatic N) is 1. The van der Waals surface area contributed by atoms with Crippen LogP contribution in [0.5, 0.6) is 0 Å². The summed E-state index contributed by atoms with van der Waals surface area (Å²) in [5.41, 5.74) is 0.400. The van der Waals surface area contributed by atoms with Gasteiger partial charge in [0.2, 0.25) is 5.91 Å². The van der Waals surface area contributed by atoms with E-state index in [2.05, 4.69) is 26.6 Å². The summed E-state index contributed by atoms with van der Waals surface area (Å²) < 4.78 is 0.664. The van der Waals surface area contributed by atoms with Crippen molar-refractivity contribution in [3.8, 4) is 0 Å². The van der Waals surface area contributed by atoms with Crippen LogP contribution in [0.1, 0.15) is 10.4 Å². The standard InChI is InChI=1S/C13H15BrClN3O2/c1-16-12(19)10-7-17-5-6-18(10)13(20)8-3-2-4-9(14)11(8)15/h2-4,10,17H,5-7H2,1H3,(H,16,19). The van der Waals surface area contributed by atoms with Crippen molar-refractivity contribution >= 4 is 39.3 Å². The fourth-order valence-corrected chi connectivity index (χ4v) is 2.74. The molecule has 1 unspecified atom stereocenters. The maximum absolute atomic E-state index is 12.6. The summed E-state index contributed by atoms with van der Waals surface area (Å²) in [6.45, 7) is 1.57. The number of hydrogen-bond acceptors (Lipinski definition) is 3. The first-order valence-electron chi connectivity index (χ1n) is 6.23. The first-order chi connectivity index (χ1) is 9.56.